The van der Waals surface area contributed by atoms with Gasteiger partial charge in [-0.15, -0.1) is 0 Å². The summed E-state index contributed by atoms with van der Waals surface area (Å²) in [6.07, 6.45) is 0. The van der Waals surface area contributed by atoms with Crippen molar-refractivity contribution in [3.8, 4) is 11.5 Å². The number of nitrogens with one attached hydrogen (secondary N) is 1. The predicted octanol–water partition coefficient (Wildman–Crippen LogP) is 2.42. The fourth-order valence-electron chi connectivity index (χ4n) is 1.64. The van der Waals surface area contributed by atoms with Crippen molar-refractivity contribution in [2.75, 3.05) is 27.6 Å². The van der Waals surface area contributed by atoms with E-state index >= 15 is 0 Å². The monoisotopic (exact) mass is 253 g/mol. The molecule has 0 aliphatic rings. The molecule has 0 aliphatic heterocycles. The lowest BCUT2D eigenvalue weighted by Crippen LogP contribution is -2.19. The second kappa shape index (κ2) is 7.95. The highest BCUT2D eigenvalue weighted by atomic mass is 16.7. The molecule has 0 bridgehead atoms. The van der Waals surface area contributed by atoms with Crippen LogP contribution in [0.1, 0.15) is 19.4 Å². The summed E-state index contributed by atoms with van der Waals surface area (Å²) in [5.74, 6) is 2.10. The van der Waals surface area contributed by atoms with Crippen molar-refractivity contribution in [1.29, 1.82) is 0 Å². The summed E-state index contributed by atoms with van der Waals surface area (Å²) in [4.78, 5) is 0. The molecule has 0 radical (unpaired) electrons. The van der Waals surface area contributed by atoms with Crippen LogP contribution in [0.2, 0.25) is 0 Å². The summed E-state index contributed by atoms with van der Waals surface area (Å²) in [6, 6.07) is 5.88. The van der Waals surface area contributed by atoms with Crippen LogP contribution in [0.25, 0.3) is 0 Å². The first-order chi connectivity index (χ1) is 8.69. The summed E-state index contributed by atoms with van der Waals surface area (Å²) in [6.45, 7) is 6.31. The molecule has 4 nitrogen and oxygen atoms in total. The molecule has 0 aromatic heterocycles. The maximum Gasteiger partial charge on any atom is 0.188 e. The average Bonchev–Trinajstić information content (AvgIpc) is 2.36. The number of rotatable bonds is 8. The van der Waals surface area contributed by atoms with Gasteiger partial charge in [-0.1, -0.05) is 26.0 Å². The van der Waals surface area contributed by atoms with Gasteiger partial charge >= 0.3 is 0 Å². The smallest absolute Gasteiger partial charge is 0.188 e. The fourth-order valence-corrected chi connectivity index (χ4v) is 1.64. The van der Waals surface area contributed by atoms with E-state index in [1.807, 2.05) is 18.2 Å². The van der Waals surface area contributed by atoms with Crippen molar-refractivity contribution in [3.05, 3.63) is 23.8 Å². The molecule has 0 spiro atoms. The van der Waals surface area contributed by atoms with E-state index in [4.69, 9.17) is 14.2 Å². The standard InChI is InChI=1S/C14H23NO3/c1-11(2)8-15-9-12-6-5-7-13(17-4)14(12)18-10-16-3/h5-7,11,15H,8-10H2,1-4H3. The minimum absolute atomic E-state index is 0.220. The molecule has 1 aromatic carbocycles. The molecule has 0 saturated carbocycles. The second-order valence-electron chi connectivity index (χ2n) is 4.52. The zero-order chi connectivity index (χ0) is 13.4. The Labute approximate surface area is 109 Å². The maximum absolute atomic E-state index is 5.58. The molecule has 1 rings (SSSR count). The van der Waals surface area contributed by atoms with E-state index in [1.165, 1.54) is 0 Å². The lowest BCUT2D eigenvalue weighted by molar-refractivity contribution is 0.0483. The molecule has 1 N–H and O–H groups in total. The van der Waals surface area contributed by atoms with Gasteiger partial charge in [0.15, 0.2) is 18.3 Å². The molecule has 0 aliphatic carbocycles. The van der Waals surface area contributed by atoms with Crippen LogP contribution < -0.4 is 14.8 Å². The van der Waals surface area contributed by atoms with Gasteiger partial charge in [-0.2, -0.15) is 0 Å². The molecular weight excluding hydrogens is 230 g/mol. The summed E-state index contributed by atoms with van der Waals surface area (Å²) >= 11 is 0. The van der Waals surface area contributed by atoms with Crippen LogP contribution in [-0.2, 0) is 11.3 Å². The van der Waals surface area contributed by atoms with Crippen LogP contribution >= 0.6 is 0 Å². The second-order valence-corrected chi connectivity index (χ2v) is 4.52. The molecular formula is C14H23NO3. The number of hydrogen-bond acceptors (Lipinski definition) is 4. The zero-order valence-electron chi connectivity index (χ0n) is 11.7. The highest BCUT2D eigenvalue weighted by Gasteiger charge is 2.10. The Bertz CT molecular complexity index is 353. The van der Waals surface area contributed by atoms with Crippen molar-refractivity contribution < 1.29 is 14.2 Å². The number of benzene rings is 1. The van der Waals surface area contributed by atoms with Gasteiger partial charge in [0, 0.05) is 19.2 Å². The zero-order valence-corrected chi connectivity index (χ0v) is 11.7. The predicted molar refractivity (Wildman–Crippen MR) is 72.0 cm³/mol. The van der Waals surface area contributed by atoms with Crippen molar-refractivity contribution in [2.24, 2.45) is 5.92 Å². The van der Waals surface area contributed by atoms with Gasteiger partial charge in [-0.05, 0) is 18.5 Å². The molecule has 0 fully saturated rings. The SMILES string of the molecule is COCOc1c(CNCC(C)C)cccc1OC. The number of ether oxygens (including phenoxy) is 3. The quantitative estimate of drug-likeness (QED) is 0.722. The normalized spacial score (nSPS) is 10.7. The van der Waals surface area contributed by atoms with Crippen LogP contribution in [0.3, 0.4) is 0 Å². The van der Waals surface area contributed by atoms with Gasteiger partial charge in [0.2, 0.25) is 0 Å². The first-order valence-electron chi connectivity index (χ1n) is 6.17. The van der Waals surface area contributed by atoms with Crippen molar-refractivity contribution in [3.63, 3.8) is 0 Å². The highest BCUT2D eigenvalue weighted by molar-refractivity contribution is 5.46. The molecule has 0 amide bonds. The van der Waals surface area contributed by atoms with E-state index in [-0.39, 0.29) is 6.79 Å². The van der Waals surface area contributed by atoms with Crippen molar-refractivity contribution >= 4 is 0 Å². The molecule has 0 atom stereocenters. The Morgan fingerprint density at radius 2 is 2.00 bits per heavy atom. The van der Waals surface area contributed by atoms with Crippen LogP contribution in [0.15, 0.2) is 18.2 Å². The molecule has 1 aromatic rings. The number of para-hydroxylation sites is 1. The van der Waals surface area contributed by atoms with Gasteiger partial charge in [-0.3, -0.25) is 0 Å². The van der Waals surface area contributed by atoms with Gasteiger partial charge in [0.05, 0.1) is 7.11 Å². The topological polar surface area (TPSA) is 39.7 Å². The van der Waals surface area contributed by atoms with Crippen LogP contribution in [0, 0.1) is 5.92 Å². The van der Waals surface area contributed by atoms with Gasteiger partial charge in [0.1, 0.15) is 0 Å². The Balaban J connectivity index is 2.74. The maximum atomic E-state index is 5.58. The molecule has 18 heavy (non-hydrogen) atoms. The first-order valence-corrected chi connectivity index (χ1v) is 6.17. The van der Waals surface area contributed by atoms with Gasteiger partial charge in [0.25, 0.3) is 0 Å². The summed E-state index contributed by atoms with van der Waals surface area (Å²) in [5.41, 5.74) is 1.08. The van der Waals surface area contributed by atoms with E-state index in [0.29, 0.717) is 5.92 Å². The third-order valence-corrected chi connectivity index (χ3v) is 2.47. The van der Waals surface area contributed by atoms with Gasteiger partial charge in [-0.25, -0.2) is 0 Å². The Morgan fingerprint density at radius 1 is 1.22 bits per heavy atom. The largest absolute Gasteiger partial charge is 0.493 e. The fraction of sp³-hybridized carbons (Fsp3) is 0.571. The van der Waals surface area contributed by atoms with Gasteiger partial charge < -0.3 is 19.5 Å². The Morgan fingerprint density at radius 3 is 2.61 bits per heavy atom. The minimum atomic E-state index is 0.220. The lowest BCUT2D eigenvalue weighted by Gasteiger charge is -2.15. The molecule has 102 valence electrons. The van der Waals surface area contributed by atoms with Crippen LogP contribution in [0.5, 0.6) is 11.5 Å². The first kappa shape index (κ1) is 14.8. The third-order valence-electron chi connectivity index (χ3n) is 2.47. The van der Waals surface area contributed by atoms with Crippen LogP contribution in [-0.4, -0.2) is 27.6 Å². The van der Waals surface area contributed by atoms with Crippen molar-refractivity contribution in [1.82, 2.24) is 5.32 Å². The highest BCUT2D eigenvalue weighted by Crippen LogP contribution is 2.31. The summed E-state index contributed by atoms with van der Waals surface area (Å²) in [5, 5.41) is 3.39. The summed E-state index contributed by atoms with van der Waals surface area (Å²) < 4.78 is 15.8. The third kappa shape index (κ3) is 4.55. The minimum Gasteiger partial charge on any atom is -0.493 e. The Hall–Kier alpha value is -1.26. The van der Waals surface area contributed by atoms with E-state index in [9.17, 15) is 0 Å². The molecule has 0 unspecified atom stereocenters. The van der Waals surface area contributed by atoms with E-state index in [1.54, 1.807) is 14.2 Å². The number of methoxy groups -OCH3 is 2. The van der Waals surface area contributed by atoms with E-state index in [2.05, 4.69) is 19.2 Å². The van der Waals surface area contributed by atoms with E-state index < -0.39 is 0 Å². The molecule has 0 saturated heterocycles. The van der Waals surface area contributed by atoms with E-state index in [0.717, 1.165) is 30.2 Å². The lowest BCUT2D eigenvalue weighted by atomic mass is 10.1. The molecule has 4 heteroatoms. The Kier molecular flexibility index (Phi) is 6.54. The summed E-state index contributed by atoms with van der Waals surface area (Å²) in [7, 11) is 3.24. The van der Waals surface area contributed by atoms with Crippen molar-refractivity contribution in [2.45, 2.75) is 20.4 Å². The van der Waals surface area contributed by atoms with Crippen LogP contribution in [0.4, 0.5) is 0 Å². The molecule has 0 heterocycles. The number of hydrogen-bond donors (Lipinski definition) is 1. The average molecular weight is 253 g/mol.